The van der Waals surface area contributed by atoms with E-state index in [0.29, 0.717) is 10.7 Å². The first-order valence-corrected chi connectivity index (χ1v) is 7.45. The van der Waals surface area contributed by atoms with Gasteiger partial charge in [0.25, 0.3) is 0 Å². The lowest BCUT2D eigenvalue weighted by molar-refractivity contribution is -0.122. The van der Waals surface area contributed by atoms with Gasteiger partial charge in [-0.05, 0) is 38.0 Å². The van der Waals surface area contributed by atoms with Crippen LogP contribution in [0.3, 0.4) is 0 Å². The monoisotopic (exact) mass is 298 g/mol. The molecule has 0 saturated heterocycles. The maximum atomic E-state index is 13.2. The molecule has 0 aliphatic heterocycles. The molecule has 1 unspecified atom stereocenters. The number of carbonyl (C=O) groups is 1. The van der Waals surface area contributed by atoms with Gasteiger partial charge in [-0.2, -0.15) is 0 Å². The summed E-state index contributed by atoms with van der Waals surface area (Å²) in [6.07, 6.45) is 5.69. The van der Waals surface area contributed by atoms with Crippen molar-refractivity contribution >= 4 is 23.2 Å². The van der Waals surface area contributed by atoms with Gasteiger partial charge >= 0.3 is 0 Å². The van der Waals surface area contributed by atoms with Crippen LogP contribution >= 0.6 is 11.6 Å². The van der Waals surface area contributed by atoms with Gasteiger partial charge in [0.15, 0.2) is 0 Å². The van der Waals surface area contributed by atoms with Gasteiger partial charge < -0.3 is 10.6 Å². The van der Waals surface area contributed by atoms with Crippen LogP contribution < -0.4 is 10.6 Å². The molecule has 1 saturated carbocycles. The summed E-state index contributed by atoms with van der Waals surface area (Å²) in [5, 5.41) is 6.33. The number of anilines is 1. The fourth-order valence-electron chi connectivity index (χ4n) is 2.53. The molecule has 20 heavy (non-hydrogen) atoms. The molecule has 0 bridgehead atoms. The van der Waals surface area contributed by atoms with E-state index in [0.717, 1.165) is 12.8 Å². The number of amides is 1. The van der Waals surface area contributed by atoms with Crippen LogP contribution in [0.15, 0.2) is 18.2 Å². The fourth-order valence-corrected chi connectivity index (χ4v) is 2.75. The SMILES string of the molecule is CC(Nc1cc(F)cc(Cl)c1)C(=O)NC1CCCCC1. The summed E-state index contributed by atoms with van der Waals surface area (Å²) in [5.41, 5.74) is 0.515. The Hall–Kier alpha value is -1.29. The van der Waals surface area contributed by atoms with Gasteiger partial charge in [-0.15, -0.1) is 0 Å². The highest BCUT2D eigenvalue weighted by molar-refractivity contribution is 6.30. The molecule has 1 fully saturated rings. The summed E-state index contributed by atoms with van der Waals surface area (Å²) >= 11 is 5.79. The number of halogens is 2. The van der Waals surface area contributed by atoms with Gasteiger partial charge in [0.2, 0.25) is 5.91 Å². The van der Waals surface area contributed by atoms with E-state index in [4.69, 9.17) is 11.6 Å². The zero-order valence-electron chi connectivity index (χ0n) is 11.6. The van der Waals surface area contributed by atoms with Crippen molar-refractivity contribution < 1.29 is 9.18 Å². The number of rotatable bonds is 4. The molecule has 1 aromatic carbocycles. The van der Waals surface area contributed by atoms with Crippen LogP contribution in [0, 0.1) is 5.82 Å². The lowest BCUT2D eigenvalue weighted by atomic mass is 9.95. The van der Waals surface area contributed by atoms with E-state index in [1.807, 2.05) is 0 Å². The van der Waals surface area contributed by atoms with Crippen LogP contribution in [0.25, 0.3) is 0 Å². The van der Waals surface area contributed by atoms with Gasteiger partial charge in [0.05, 0.1) is 0 Å². The normalized spacial score (nSPS) is 17.6. The standard InChI is InChI=1S/C15H20ClFN2O/c1-10(15(20)19-13-5-3-2-4-6-13)18-14-8-11(16)7-12(17)9-14/h7-10,13,18H,2-6H2,1H3,(H,19,20). The van der Waals surface area contributed by atoms with Gasteiger partial charge in [-0.25, -0.2) is 4.39 Å². The summed E-state index contributed by atoms with van der Waals surface area (Å²) < 4.78 is 13.2. The summed E-state index contributed by atoms with van der Waals surface area (Å²) in [6.45, 7) is 1.76. The molecule has 0 heterocycles. The molecule has 0 aromatic heterocycles. The minimum absolute atomic E-state index is 0.0581. The van der Waals surface area contributed by atoms with Crippen LogP contribution in [0.4, 0.5) is 10.1 Å². The second-order valence-electron chi connectivity index (χ2n) is 5.37. The predicted molar refractivity (Wildman–Crippen MR) is 79.5 cm³/mol. The zero-order chi connectivity index (χ0) is 14.5. The first-order chi connectivity index (χ1) is 9.54. The second kappa shape index (κ2) is 6.93. The molecular formula is C15H20ClFN2O. The summed E-state index contributed by atoms with van der Waals surface area (Å²) in [7, 11) is 0. The summed E-state index contributed by atoms with van der Waals surface area (Å²) in [6, 6.07) is 4.02. The Balaban J connectivity index is 1.89. The minimum Gasteiger partial charge on any atom is -0.374 e. The van der Waals surface area contributed by atoms with Crippen molar-refractivity contribution in [2.24, 2.45) is 0 Å². The molecule has 1 aliphatic rings. The smallest absolute Gasteiger partial charge is 0.242 e. The van der Waals surface area contributed by atoms with Gasteiger partial charge in [-0.3, -0.25) is 4.79 Å². The average molecular weight is 299 g/mol. The van der Waals surface area contributed by atoms with Crippen LogP contribution in [0.1, 0.15) is 39.0 Å². The largest absolute Gasteiger partial charge is 0.374 e. The van der Waals surface area contributed by atoms with Crippen molar-refractivity contribution in [3.8, 4) is 0 Å². The van der Waals surface area contributed by atoms with E-state index in [1.54, 1.807) is 13.0 Å². The maximum absolute atomic E-state index is 13.2. The van der Waals surface area contributed by atoms with E-state index in [9.17, 15) is 9.18 Å². The van der Waals surface area contributed by atoms with Crippen molar-refractivity contribution in [2.45, 2.75) is 51.1 Å². The number of hydrogen-bond donors (Lipinski definition) is 2. The first-order valence-electron chi connectivity index (χ1n) is 7.07. The Kier molecular flexibility index (Phi) is 5.24. The molecule has 1 amide bonds. The van der Waals surface area contributed by atoms with E-state index in [1.165, 1.54) is 31.4 Å². The minimum atomic E-state index is -0.421. The van der Waals surface area contributed by atoms with Crippen molar-refractivity contribution in [1.82, 2.24) is 5.32 Å². The lowest BCUT2D eigenvalue weighted by Crippen LogP contribution is -2.44. The van der Waals surface area contributed by atoms with Crippen molar-refractivity contribution in [2.75, 3.05) is 5.32 Å². The molecule has 1 aliphatic carbocycles. The zero-order valence-corrected chi connectivity index (χ0v) is 12.3. The summed E-state index contributed by atoms with van der Waals surface area (Å²) in [5.74, 6) is -0.475. The highest BCUT2D eigenvalue weighted by atomic mass is 35.5. The molecule has 2 N–H and O–H groups in total. The lowest BCUT2D eigenvalue weighted by Gasteiger charge is -2.25. The number of benzene rings is 1. The Labute approximate surface area is 123 Å². The van der Waals surface area contributed by atoms with Crippen molar-refractivity contribution in [1.29, 1.82) is 0 Å². The molecule has 0 spiro atoms. The quantitative estimate of drug-likeness (QED) is 0.889. The topological polar surface area (TPSA) is 41.1 Å². The van der Waals surface area contributed by atoms with E-state index in [-0.39, 0.29) is 11.9 Å². The van der Waals surface area contributed by atoms with E-state index in [2.05, 4.69) is 10.6 Å². The van der Waals surface area contributed by atoms with Gasteiger partial charge in [0.1, 0.15) is 11.9 Å². The third-order valence-corrected chi connectivity index (χ3v) is 3.81. The number of nitrogens with one attached hydrogen (secondary N) is 2. The third-order valence-electron chi connectivity index (χ3n) is 3.59. The average Bonchev–Trinajstić information content (AvgIpc) is 2.38. The van der Waals surface area contributed by atoms with Crippen LogP contribution in [0.5, 0.6) is 0 Å². The highest BCUT2D eigenvalue weighted by Crippen LogP contribution is 2.20. The second-order valence-corrected chi connectivity index (χ2v) is 5.80. The van der Waals surface area contributed by atoms with Crippen molar-refractivity contribution in [3.63, 3.8) is 0 Å². The van der Waals surface area contributed by atoms with Crippen LogP contribution in [0.2, 0.25) is 5.02 Å². The highest BCUT2D eigenvalue weighted by Gasteiger charge is 2.19. The van der Waals surface area contributed by atoms with E-state index >= 15 is 0 Å². The number of hydrogen-bond acceptors (Lipinski definition) is 2. The molecule has 110 valence electrons. The van der Waals surface area contributed by atoms with Gasteiger partial charge in [-0.1, -0.05) is 30.9 Å². The Morgan fingerprint density at radius 2 is 2.00 bits per heavy atom. The first kappa shape index (κ1) is 15.1. The molecular weight excluding hydrogens is 279 g/mol. The molecule has 1 aromatic rings. The fraction of sp³-hybridized carbons (Fsp3) is 0.533. The van der Waals surface area contributed by atoms with Gasteiger partial charge in [0, 0.05) is 16.8 Å². The molecule has 1 atom stereocenters. The van der Waals surface area contributed by atoms with Crippen LogP contribution in [-0.4, -0.2) is 18.0 Å². The maximum Gasteiger partial charge on any atom is 0.242 e. The third kappa shape index (κ3) is 4.37. The molecule has 5 heteroatoms. The Morgan fingerprint density at radius 3 is 2.65 bits per heavy atom. The molecule has 2 rings (SSSR count). The Bertz CT molecular complexity index is 455. The van der Waals surface area contributed by atoms with Crippen LogP contribution in [-0.2, 0) is 4.79 Å². The Morgan fingerprint density at radius 1 is 1.30 bits per heavy atom. The number of carbonyl (C=O) groups excluding carboxylic acids is 1. The van der Waals surface area contributed by atoms with Crippen molar-refractivity contribution in [3.05, 3.63) is 29.0 Å². The molecule has 0 radical (unpaired) electrons. The predicted octanol–water partition coefficient (Wildman–Crippen LogP) is 3.73. The molecule has 3 nitrogen and oxygen atoms in total. The summed E-state index contributed by atoms with van der Waals surface area (Å²) in [4.78, 5) is 12.1. The van der Waals surface area contributed by atoms with E-state index < -0.39 is 11.9 Å².